The molecule has 0 aliphatic carbocycles. The Labute approximate surface area is 136 Å². The SMILES string of the molecule is NNC(Cc1cccc(Cl)c1Cl)c1ccc(I)cc1. The zero-order chi connectivity index (χ0) is 13.8. The van der Waals surface area contributed by atoms with Gasteiger partial charge in [-0.25, -0.2) is 0 Å². The van der Waals surface area contributed by atoms with Crippen molar-refractivity contribution in [2.45, 2.75) is 12.5 Å². The van der Waals surface area contributed by atoms with Crippen LogP contribution in [0.4, 0.5) is 0 Å². The summed E-state index contributed by atoms with van der Waals surface area (Å²) in [4.78, 5) is 0. The van der Waals surface area contributed by atoms with Crippen molar-refractivity contribution in [2.24, 2.45) is 5.84 Å². The van der Waals surface area contributed by atoms with E-state index in [0.717, 1.165) is 11.1 Å². The van der Waals surface area contributed by atoms with E-state index in [9.17, 15) is 0 Å². The third kappa shape index (κ3) is 3.83. The molecule has 3 N–H and O–H groups in total. The van der Waals surface area contributed by atoms with E-state index in [2.05, 4.69) is 52.3 Å². The molecule has 2 rings (SSSR count). The Morgan fingerprint density at radius 3 is 2.42 bits per heavy atom. The van der Waals surface area contributed by atoms with Crippen LogP contribution in [0.5, 0.6) is 0 Å². The number of rotatable bonds is 4. The van der Waals surface area contributed by atoms with Gasteiger partial charge in [-0.2, -0.15) is 0 Å². The maximum absolute atomic E-state index is 6.21. The van der Waals surface area contributed by atoms with Crippen LogP contribution < -0.4 is 11.3 Å². The van der Waals surface area contributed by atoms with E-state index in [1.165, 1.54) is 3.57 Å². The maximum Gasteiger partial charge on any atom is 0.0624 e. The highest BCUT2D eigenvalue weighted by Gasteiger charge is 2.13. The summed E-state index contributed by atoms with van der Waals surface area (Å²) in [7, 11) is 0. The lowest BCUT2D eigenvalue weighted by Crippen LogP contribution is -2.29. The van der Waals surface area contributed by atoms with Crippen molar-refractivity contribution in [1.82, 2.24) is 5.43 Å². The molecule has 0 radical (unpaired) electrons. The number of benzene rings is 2. The van der Waals surface area contributed by atoms with Crippen molar-refractivity contribution in [3.63, 3.8) is 0 Å². The first-order valence-corrected chi connectivity index (χ1v) is 7.59. The lowest BCUT2D eigenvalue weighted by Gasteiger charge is -2.17. The standard InChI is InChI=1S/C14H13Cl2IN2/c15-12-3-1-2-10(14(12)16)8-13(19-18)9-4-6-11(17)7-5-9/h1-7,13,19H,8,18H2. The average Bonchev–Trinajstić information content (AvgIpc) is 2.42. The van der Waals surface area contributed by atoms with E-state index < -0.39 is 0 Å². The lowest BCUT2D eigenvalue weighted by atomic mass is 9.99. The third-order valence-corrected chi connectivity index (χ3v) is 4.51. The molecule has 0 spiro atoms. The van der Waals surface area contributed by atoms with Crippen LogP contribution in [-0.4, -0.2) is 0 Å². The van der Waals surface area contributed by atoms with Crippen LogP contribution >= 0.6 is 45.8 Å². The molecule has 0 aliphatic heterocycles. The predicted octanol–water partition coefficient (Wildman–Crippen LogP) is 4.35. The first-order chi connectivity index (χ1) is 9.11. The summed E-state index contributed by atoms with van der Waals surface area (Å²) in [6.45, 7) is 0. The highest BCUT2D eigenvalue weighted by atomic mass is 127. The van der Waals surface area contributed by atoms with E-state index in [4.69, 9.17) is 29.0 Å². The number of halogens is 3. The van der Waals surface area contributed by atoms with Gasteiger partial charge in [0.1, 0.15) is 0 Å². The van der Waals surface area contributed by atoms with Gasteiger partial charge in [0, 0.05) is 3.57 Å². The number of hydrazine groups is 1. The Morgan fingerprint density at radius 2 is 1.79 bits per heavy atom. The molecule has 19 heavy (non-hydrogen) atoms. The lowest BCUT2D eigenvalue weighted by molar-refractivity contribution is 0.552. The molecule has 1 unspecified atom stereocenters. The highest BCUT2D eigenvalue weighted by molar-refractivity contribution is 14.1. The molecule has 0 saturated carbocycles. The van der Waals surface area contributed by atoms with E-state index in [0.29, 0.717) is 16.5 Å². The Balaban J connectivity index is 2.24. The second-order valence-corrected chi connectivity index (χ2v) is 6.22. The first kappa shape index (κ1) is 15.1. The fraction of sp³-hybridized carbons (Fsp3) is 0.143. The first-order valence-electron chi connectivity index (χ1n) is 5.76. The quantitative estimate of drug-likeness (QED) is 0.450. The summed E-state index contributed by atoms with van der Waals surface area (Å²) < 4.78 is 1.19. The molecule has 2 aromatic rings. The molecule has 0 amide bonds. The normalized spacial score (nSPS) is 12.4. The van der Waals surface area contributed by atoms with E-state index in [1.807, 2.05) is 12.1 Å². The van der Waals surface area contributed by atoms with Crippen LogP contribution in [0.2, 0.25) is 10.0 Å². The molecule has 0 aliphatic rings. The number of hydrogen-bond acceptors (Lipinski definition) is 2. The van der Waals surface area contributed by atoms with Crippen molar-refractivity contribution in [1.29, 1.82) is 0 Å². The summed E-state index contributed by atoms with van der Waals surface area (Å²) in [6, 6.07) is 13.9. The zero-order valence-electron chi connectivity index (χ0n) is 10.0. The monoisotopic (exact) mass is 406 g/mol. The van der Waals surface area contributed by atoms with Gasteiger partial charge in [-0.1, -0.05) is 47.5 Å². The molecule has 0 saturated heterocycles. The summed E-state index contributed by atoms with van der Waals surface area (Å²) in [5.41, 5.74) is 4.93. The summed E-state index contributed by atoms with van der Waals surface area (Å²) in [6.07, 6.45) is 0.691. The molecule has 0 aromatic heterocycles. The largest absolute Gasteiger partial charge is 0.271 e. The topological polar surface area (TPSA) is 38.0 Å². The summed E-state index contributed by atoms with van der Waals surface area (Å²) in [5.74, 6) is 5.65. The van der Waals surface area contributed by atoms with Crippen molar-refractivity contribution in [3.05, 3.63) is 67.2 Å². The van der Waals surface area contributed by atoms with Gasteiger partial charge < -0.3 is 0 Å². The second kappa shape index (κ2) is 6.90. The molecule has 2 aromatic carbocycles. The van der Waals surface area contributed by atoms with E-state index in [1.54, 1.807) is 6.07 Å². The van der Waals surface area contributed by atoms with Crippen LogP contribution in [0.1, 0.15) is 17.2 Å². The summed E-state index contributed by atoms with van der Waals surface area (Å²) >= 11 is 14.5. The minimum absolute atomic E-state index is 0.00738. The predicted molar refractivity (Wildman–Crippen MR) is 89.4 cm³/mol. The van der Waals surface area contributed by atoms with Crippen LogP contribution in [-0.2, 0) is 6.42 Å². The van der Waals surface area contributed by atoms with Gasteiger partial charge >= 0.3 is 0 Å². The highest BCUT2D eigenvalue weighted by Crippen LogP contribution is 2.29. The molecule has 0 bridgehead atoms. The Morgan fingerprint density at radius 1 is 1.11 bits per heavy atom. The Hall–Kier alpha value is -0.330. The molecule has 100 valence electrons. The molecule has 2 nitrogen and oxygen atoms in total. The van der Waals surface area contributed by atoms with Crippen LogP contribution in [0.3, 0.4) is 0 Å². The van der Waals surface area contributed by atoms with Gasteiger partial charge in [-0.3, -0.25) is 11.3 Å². The molecule has 5 heteroatoms. The number of hydrogen-bond donors (Lipinski definition) is 2. The fourth-order valence-electron chi connectivity index (χ4n) is 1.89. The smallest absolute Gasteiger partial charge is 0.0624 e. The summed E-state index contributed by atoms with van der Waals surface area (Å²) in [5, 5.41) is 1.16. The van der Waals surface area contributed by atoms with Crippen LogP contribution in [0.15, 0.2) is 42.5 Å². The second-order valence-electron chi connectivity index (χ2n) is 4.19. The van der Waals surface area contributed by atoms with E-state index >= 15 is 0 Å². The zero-order valence-corrected chi connectivity index (χ0v) is 13.7. The fourth-order valence-corrected chi connectivity index (χ4v) is 2.65. The minimum atomic E-state index is 0.00738. The van der Waals surface area contributed by atoms with Gasteiger partial charge in [0.15, 0.2) is 0 Å². The van der Waals surface area contributed by atoms with Crippen molar-refractivity contribution < 1.29 is 0 Å². The minimum Gasteiger partial charge on any atom is -0.271 e. The van der Waals surface area contributed by atoms with Gasteiger partial charge in [-0.15, -0.1) is 0 Å². The maximum atomic E-state index is 6.21. The molecule has 0 heterocycles. The molecular formula is C14H13Cl2IN2. The van der Waals surface area contributed by atoms with Gasteiger partial charge in [0.25, 0.3) is 0 Å². The van der Waals surface area contributed by atoms with Gasteiger partial charge in [-0.05, 0) is 58.3 Å². The van der Waals surface area contributed by atoms with Gasteiger partial charge in [0.05, 0.1) is 16.1 Å². The molecule has 0 fully saturated rings. The average molecular weight is 407 g/mol. The number of nitrogens with two attached hydrogens (primary N) is 1. The van der Waals surface area contributed by atoms with Crippen LogP contribution in [0, 0.1) is 3.57 Å². The third-order valence-electron chi connectivity index (χ3n) is 2.93. The van der Waals surface area contributed by atoms with Crippen molar-refractivity contribution in [2.75, 3.05) is 0 Å². The Kier molecular flexibility index (Phi) is 5.47. The number of nitrogens with one attached hydrogen (secondary N) is 1. The Bertz CT molecular complexity index is 558. The van der Waals surface area contributed by atoms with Crippen molar-refractivity contribution >= 4 is 45.8 Å². The van der Waals surface area contributed by atoms with Gasteiger partial charge in [0.2, 0.25) is 0 Å². The molecular weight excluding hydrogens is 394 g/mol. The van der Waals surface area contributed by atoms with E-state index in [-0.39, 0.29) is 6.04 Å². The van der Waals surface area contributed by atoms with Crippen LogP contribution in [0.25, 0.3) is 0 Å². The van der Waals surface area contributed by atoms with Crippen molar-refractivity contribution in [3.8, 4) is 0 Å². The molecule has 1 atom stereocenters.